The molecule has 1 aliphatic rings. The van der Waals surface area contributed by atoms with E-state index in [2.05, 4.69) is 6.58 Å². The zero-order chi connectivity index (χ0) is 13.3. The molecule has 3 nitrogen and oxygen atoms in total. The number of thioether (sulfide) groups is 1. The Labute approximate surface area is 116 Å². The molecule has 0 unspecified atom stereocenters. The summed E-state index contributed by atoms with van der Waals surface area (Å²) in [6.45, 7) is 8.01. The molecule has 1 saturated heterocycles. The molecule has 18 heavy (non-hydrogen) atoms. The third-order valence-corrected chi connectivity index (χ3v) is 3.71. The van der Waals surface area contributed by atoms with Crippen molar-refractivity contribution >= 4 is 40.3 Å². The molecule has 0 atom stereocenters. The summed E-state index contributed by atoms with van der Waals surface area (Å²) >= 11 is 6.49. The Balaban J connectivity index is 2.22. The van der Waals surface area contributed by atoms with Crippen molar-refractivity contribution in [1.82, 2.24) is 4.90 Å². The number of rotatable bonds is 3. The predicted octanol–water partition coefficient (Wildman–Crippen LogP) is 3.37. The van der Waals surface area contributed by atoms with Gasteiger partial charge in [-0.2, -0.15) is 0 Å². The number of hydrogen-bond donors (Lipinski definition) is 0. The minimum absolute atomic E-state index is 0.0814. The molecule has 0 saturated carbocycles. The Hall–Kier alpha value is -1.33. The van der Waals surface area contributed by atoms with Gasteiger partial charge in [-0.25, -0.2) is 0 Å². The fourth-order valence-corrected chi connectivity index (χ4v) is 2.80. The first-order valence-electron chi connectivity index (χ1n) is 5.43. The van der Waals surface area contributed by atoms with Crippen molar-refractivity contribution in [3.63, 3.8) is 0 Å². The lowest BCUT2D eigenvalue weighted by Crippen LogP contribution is -2.29. The van der Waals surface area contributed by atoms with Gasteiger partial charge in [-0.3, -0.25) is 9.69 Å². The first kappa shape index (κ1) is 13.1. The number of carbonyl (C=O) groups is 1. The number of carbonyl (C=O) groups excluding carboxylic acids is 1. The summed E-state index contributed by atoms with van der Waals surface area (Å²) in [5.74, 6) is 1.41. The van der Waals surface area contributed by atoms with Gasteiger partial charge in [0.2, 0.25) is 0 Å². The molecule has 2 heterocycles. The Morgan fingerprint density at radius 3 is 2.89 bits per heavy atom. The van der Waals surface area contributed by atoms with Crippen LogP contribution >= 0.6 is 24.0 Å². The molecule has 1 aromatic heterocycles. The molecule has 0 N–H and O–H groups in total. The molecule has 0 aliphatic carbocycles. The lowest BCUT2D eigenvalue weighted by Gasteiger charge is -2.13. The van der Waals surface area contributed by atoms with E-state index >= 15 is 0 Å². The van der Waals surface area contributed by atoms with Crippen LogP contribution in [0.15, 0.2) is 33.6 Å². The van der Waals surface area contributed by atoms with Crippen molar-refractivity contribution < 1.29 is 9.21 Å². The number of nitrogens with zero attached hydrogens (tertiary/aromatic N) is 1. The molecule has 94 valence electrons. The van der Waals surface area contributed by atoms with Crippen LogP contribution in [-0.2, 0) is 4.79 Å². The van der Waals surface area contributed by atoms with E-state index in [1.165, 1.54) is 11.8 Å². The number of hydrogen-bond acceptors (Lipinski definition) is 4. The molecule has 0 aromatic carbocycles. The zero-order valence-corrected chi connectivity index (χ0v) is 11.9. The molecule has 0 spiro atoms. The molecule has 1 aromatic rings. The zero-order valence-electron chi connectivity index (χ0n) is 10.2. The summed E-state index contributed by atoms with van der Waals surface area (Å²) in [4.78, 5) is 14.3. The van der Waals surface area contributed by atoms with Gasteiger partial charge < -0.3 is 4.42 Å². The maximum atomic E-state index is 12.1. The second-order valence-corrected chi connectivity index (χ2v) is 5.85. The van der Waals surface area contributed by atoms with Crippen LogP contribution < -0.4 is 0 Å². The molecule has 1 fully saturated rings. The van der Waals surface area contributed by atoms with Crippen LogP contribution in [0.3, 0.4) is 0 Å². The third-order valence-electron chi connectivity index (χ3n) is 2.34. The average Bonchev–Trinajstić information content (AvgIpc) is 2.78. The van der Waals surface area contributed by atoms with Crippen LogP contribution in [0.25, 0.3) is 6.08 Å². The van der Waals surface area contributed by atoms with E-state index in [0.717, 1.165) is 11.3 Å². The minimum Gasteiger partial charge on any atom is -0.462 e. The van der Waals surface area contributed by atoms with Crippen molar-refractivity contribution in [1.29, 1.82) is 0 Å². The first-order valence-corrected chi connectivity index (χ1v) is 6.66. The molecule has 1 amide bonds. The van der Waals surface area contributed by atoms with Gasteiger partial charge in [-0.15, -0.1) is 0 Å². The fourth-order valence-electron chi connectivity index (χ4n) is 1.57. The average molecular weight is 279 g/mol. The lowest BCUT2D eigenvalue weighted by atomic mass is 10.3. The molecular formula is C13H13NO2S2. The van der Waals surface area contributed by atoms with Crippen molar-refractivity contribution in [2.45, 2.75) is 13.8 Å². The monoisotopic (exact) mass is 279 g/mol. The van der Waals surface area contributed by atoms with Gasteiger partial charge in [-0.1, -0.05) is 36.1 Å². The SMILES string of the molecule is C=C(C)CN1C(=O)C(=Cc2ccc(C)o2)SC1=S. The molecule has 0 radical (unpaired) electrons. The minimum atomic E-state index is -0.0814. The Morgan fingerprint density at radius 2 is 2.33 bits per heavy atom. The highest BCUT2D eigenvalue weighted by atomic mass is 32.2. The topological polar surface area (TPSA) is 33.5 Å². The number of aryl methyl sites for hydroxylation is 1. The Morgan fingerprint density at radius 1 is 1.61 bits per heavy atom. The molecule has 5 heteroatoms. The van der Waals surface area contributed by atoms with Gasteiger partial charge in [0, 0.05) is 12.6 Å². The summed E-state index contributed by atoms with van der Waals surface area (Å²) in [5, 5.41) is 0. The van der Waals surface area contributed by atoms with Gasteiger partial charge in [-0.05, 0) is 26.0 Å². The van der Waals surface area contributed by atoms with Crippen molar-refractivity contribution in [3.8, 4) is 0 Å². The summed E-state index contributed by atoms with van der Waals surface area (Å²) in [7, 11) is 0. The molecule has 2 rings (SSSR count). The maximum Gasteiger partial charge on any atom is 0.266 e. The van der Waals surface area contributed by atoms with E-state index in [9.17, 15) is 4.79 Å². The Bertz CT molecular complexity index is 557. The molecule has 1 aliphatic heterocycles. The van der Waals surface area contributed by atoms with E-state index < -0.39 is 0 Å². The van der Waals surface area contributed by atoms with Crippen LogP contribution in [0, 0.1) is 6.92 Å². The van der Waals surface area contributed by atoms with Crippen molar-refractivity contribution in [2.75, 3.05) is 6.54 Å². The number of furan rings is 1. The second kappa shape index (κ2) is 5.12. The highest BCUT2D eigenvalue weighted by molar-refractivity contribution is 8.26. The van der Waals surface area contributed by atoms with Gasteiger partial charge in [0.15, 0.2) is 0 Å². The summed E-state index contributed by atoms with van der Waals surface area (Å²) in [6, 6.07) is 3.70. The van der Waals surface area contributed by atoms with E-state index in [-0.39, 0.29) is 5.91 Å². The quantitative estimate of drug-likeness (QED) is 0.482. The molecular weight excluding hydrogens is 266 g/mol. The normalized spacial score (nSPS) is 17.9. The first-order chi connectivity index (χ1) is 8.47. The summed E-state index contributed by atoms with van der Waals surface area (Å²) in [6.07, 6.45) is 1.73. The van der Waals surface area contributed by atoms with Crippen LogP contribution in [-0.4, -0.2) is 21.7 Å². The smallest absolute Gasteiger partial charge is 0.266 e. The van der Waals surface area contributed by atoms with E-state index in [1.54, 1.807) is 11.0 Å². The van der Waals surface area contributed by atoms with Crippen LogP contribution in [0.1, 0.15) is 18.4 Å². The van der Waals surface area contributed by atoms with Gasteiger partial charge in [0.05, 0.1) is 4.91 Å². The van der Waals surface area contributed by atoms with Crippen LogP contribution in [0.5, 0.6) is 0 Å². The van der Waals surface area contributed by atoms with Gasteiger partial charge in [0.1, 0.15) is 15.8 Å². The fraction of sp³-hybridized carbons (Fsp3) is 0.231. The van der Waals surface area contributed by atoms with Crippen molar-refractivity contribution in [2.24, 2.45) is 0 Å². The summed E-state index contributed by atoms with van der Waals surface area (Å²) < 4.78 is 5.99. The standard InChI is InChI=1S/C13H13NO2S2/c1-8(2)7-14-12(15)11(18-13(14)17)6-10-5-4-9(3)16-10/h4-6H,1,7H2,2-3H3. The molecule has 0 bridgehead atoms. The van der Waals surface area contributed by atoms with Gasteiger partial charge in [0.25, 0.3) is 5.91 Å². The number of amides is 1. The highest BCUT2D eigenvalue weighted by Crippen LogP contribution is 2.33. The van der Waals surface area contributed by atoms with E-state index in [4.69, 9.17) is 16.6 Å². The highest BCUT2D eigenvalue weighted by Gasteiger charge is 2.31. The maximum absolute atomic E-state index is 12.1. The third kappa shape index (κ3) is 2.73. The van der Waals surface area contributed by atoms with E-state index in [1.807, 2.05) is 26.0 Å². The predicted molar refractivity (Wildman–Crippen MR) is 78.1 cm³/mol. The van der Waals surface area contributed by atoms with Crippen LogP contribution in [0.4, 0.5) is 0 Å². The van der Waals surface area contributed by atoms with Crippen LogP contribution in [0.2, 0.25) is 0 Å². The lowest BCUT2D eigenvalue weighted by molar-refractivity contribution is -0.121. The largest absolute Gasteiger partial charge is 0.462 e. The summed E-state index contributed by atoms with van der Waals surface area (Å²) in [5.41, 5.74) is 0.904. The Kier molecular flexibility index (Phi) is 3.73. The van der Waals surface area contributed by atoms with Gasteiger partial charge >= 0.3 is 0 Å². The second-order valence-electron chi connectivity index (χ2n) is 4.17. The van der Waals surface area contributed by atoms with Crippen molar-refractivity contribution in [3.05, 3.63) is 40.7 Å². The number of thiocarbonyl (C=S) groups is 1. The van der Waals surface area contributed by atoms with E-state index in [0.29, 0.717) is 21.5 Å².